The Labute approximate surface area is 112 Å². The Morgan fingerprint density at radius 1 is 1.28 bits per heavy atom. The molecule has 1 atom stereocenters. The number of benzene rings is 1. The third-order valence-electron chi connectivity index (χ3n) is 3.22. The van der Waals surface area contributed by atoms with Gasteiger partial charge in [-0.1, -0.05) is 29.8 Å². The second-order valence-electron chi connectivity index (χ2n) is 5.08. The van der Waals surface area contributed by atoms with Crippen molar-refractivity contribution < 1.29 is 4.74 Å². The third-order valence-corrected chi connectivity index (χ3v) is 3.22. The number of nitrogens with one attached hydrogen (secondary N) is 1. The number of ether oxygens (including phenoxy) is 1. The number of hydrogen-bond donors (Lipinski definition) is 1. The number of hydrogen-bond acceptors (Lipinski definition) is 2. The topological polar surface area (TPSA) is 21.3 Å². The highest BCUT2D eigenvalue weighted by molar-refractivity contribution is 5.22. The van der Waals surface area contributed by atoms with Crippen LogP contribution in [0.1, 0.15) is 37.3 Å². The molecule has 1 N–H and O–H groups in total. The Bertz CT molecular complexity index is 325. The molecule has 1 rings (SSSR count). The van der Waals surface area contributed by atoms with Crippen LogP contribution in [0.5, 0.6) is 0 Å². The van der Waals surface area contributed by atoms with Crippen LogP contribution in [0.4, 0.5) is 0 Å². The van der Waals surface area contributed by atoms with Crippen LogP contribution in [0.15, 0.2) is 24.3 Å². The quantitative estimate of drug-likeness (QED) is 0.678. The van der Waals surface area contributed by atoms with Crippen LogP contribution in [0.2, 0.25) is 0 Å². The molecule has 0 aliphatic carbocycles. The van der Waals surface area contributed by atoms with E-state index >= 15 is 0 Å². The Kier molecular flexibility index (Phi) is 7.70. The first-order valence-corrected chi connectivity index (χ1v) is 7.00. The van der Waals surface area contributed by atoms with Gasteiger partial charge in [-0.3, -0.25) is 0 Å². The molecule has 0 heterocycles. The van der Waals surface area contributed by atoms with E-state index in [2.05, 4.69) is 43.4 Å². The fourth-order valence-electron chi connectivity index (χ4n) is 2.07. The van der Waals surface area contributed by atoms with E-state index in [0.717, 1.165) is 26.0 Å². The summed E-state index contributed by atoms with van der Waals surface area (Å²) in [5, 5.41) is 3.57. The summed E-state index contributed by atoms with van der Waals surface area (Å²) in [6, 6.07) is 9.39. The molecule has 0 saturated heterocycles. The second kappa shape index (κ2) is 9.12. The fraction of sp³-hybridized carbons (Fsp3) is 0.625. The van der Waals surface area contributed by atoms with Crippen LogP contribution in [0.25, 0.3) is 0 Å². The molecule has 0 radical (unpaired) electrons. The maximum absolute atomic E-state index is 5.04. The molecule has 0 amide bonds. The maximum Gasteiger partial charge on any atom is 0.0462 e. The Morgan fingerprint density at radius 2 is 2.11 bits per heavy atom. The molecule has 0 aromatic heterocycles. The van der Waals surface area contributed by atoms with Gasteiger partial charge < -0.3 is 10.1 Å². The molecule has 0 aliphatic rings. The SMILES string of the molecule is COCCCCNC(C)CCc1cccc(C)c1. The van der Waals surface area contributed by atoms with E-state index in [0.29, 0.717) is 6.04 Å². The lowest BCUT2D eigenvalue weighted by Crippen LogP contribution is -2.27. The van der Waals surface area contributed by atoms with E-state index in [9.17, 15) is 0 Å². The van der Waals surface area contributed by atoms with Crippen LogP contribution < -0.4 is 5.32 Å². The van der Waals surface area contributed by atoms with Crippen molar-refractivity contribution in [1.29, 1.82) is 0 Å². The molecule has 2 heteroatoms. The van der Waals surface area contributed by atoms with Gasteiger partial charge in [0.05, 0.1) is 0 Å². The average Bonchev–Trinajstić information content (AvgIpc) is 2.36. The number of aryl methyl sites for hydroxylation is 2. The van der Waals surface area contributed by atoms with Crippen molar-refractivity contribution in [3.63, 3.8) is 0 Å². The summed E-state index contributed by atoms with van der Waals surface area (Å²) < 4.78 is 5.04. The number of rotatable bonds is 9. The smallest absolute Gasteiger partial charge is 0.0462 e. The molecular formula is C16H27NO. The van der Waals surface area contributed by atoms with Crippen LogP contribution in [0.3, 0.4) is 0 Å². The largest absolute Gasteiger partial charge is 0.385 e. The van der Waals surface area contributed by atoms with Crippen LogP contribution in [-0.2, 0) is 11.2 Å². The minimum atomic E-state index is 0.591. The van der Waals surface area contributed by atoms with Gasteiger partial charge in [0.25, 0.3) is 0 Å². The maximum atomic E-state index is 5.04. The first-order chi connectivity index (χ1) is 8.72. The summed E-state index contributed by atoms with van der Waals surface area (Å²) in [5.74, 6) is 0. The van der Waals surface area contributed by atoms with Crippen LogP contribution in [0, 0.1) is 6.92 Å². The van der Waals surface area contributed by atoms with Crippen molar-refractivity contribution in [1.82, 2.24) is 5.32 Å². The summed E-state index contributed by atoms with van der Waals surface area (Å²) in [7, 11) is 1.76. The Hall–Kier alpha value is -0.860. The van der Waals surface area contributed by atoms with E-state index in [-0.39, 0.29) is 0 Å². The molecule has 102 valence electrons. The van der Waals surface area contributed by atoms with Gasteiger partial charge in [0, 0.05) is 19.8 Å². The fourth-order valence-corrected chi connectivity index (χ4v) is 2.07. The number of methoxy groups -OCH3 is 1. The predicted octanol–water partition coefficient (Wildman–Crippen LogP) is 3.33. The van der Waals surface area contributed by atoms with Crippen LogP contribution >= 0.6 is 0 Å². The Balaban J connectivity index is 2.11. The van der Waals surface area contributed by atoms with Crippen molar-refractivity contribution in [2.45, 2.75) is 45.6 Å². The monoisotopic (exact) mass is 249 g/mol. The van der Waals surface area contributed by atoms with E-state index in [1.165, 1.54) is 24.0 Å². The van der Waals surface area contributed by atoms with Crippen LogP contribution in [-0.4, -0.2) is 26.3 Å². The highest BCUT2D eigenvalue weighted by atomic mass is 16.5. The normalized spacial score (nSPS) is 12.6. The van der Waals surface area contributed by atoms with Gasteiger partial charge in [-0.15, -0.1) is 0 Å². The van der Waals surface area contributed by atoms with Gasteiger partial charge in [-0.2, -0.15) is 0 Å². The molecule has 1 aromatic carbocycles. The zero-order valence-corrected chi connectivity index (χ0v) is 12.0. The van der Waals surface area contributed by atoms with Crippen molar-refractivity contribution >= 4 is 0 Å². The molecule has 0 aliphatic heterocycles. The summed E-state index contributed by atoms with van der Waals surface area (Å²) in [5.41, 5.74) is 2.80. The lowest BCUT2D eigenvalue weighted by molar-refractivity contribution is 0.192. The standard InChI is InChI=1S/C16H27NO/c1-14-7-6-8-16(13-14)10-9-15(2)17-11-4-5-12-18-3/h6-8,13,15,17H,4-5,9-12H2,1-3H3. The van der Waals surface area contributed by atoms with E-state index in [4.69, 9.17) is 4.74 Å². The molecule has 0 saturated carbocycles. The highest BCUT2D eigenvalue weighted by Crippen LogP contribution is 2.08. The number of unbranched alkanes of at least 4 members (excludes halogenated alkanes) is 1. The zero-order valence-electron chi connectivity index (χ0n) is 12.0. The van der Waals surface area contributed by atoms with Gasteiger partial charge in [-0.05, 0) is 51.6 Å². The molecule has 1 unspecified atom stereocenters. The molecular weight excluding hydrogens is 222 g/mol. The molecule has 0 bridgehead atoms. The summed E-state index contributed by atoms with van der Waals surface area (Å²) in [6.45, 7) is 6.39. The predicted molar refractivity (Wildman–Crippen MR) is 78.1 cm³/mol. The van der Waals surface area contributed by atoms with Gasteiger partial charge in [0.1, 0.15) is 0 Å². The molecule has 0 fully saturated rings. The molecule has 18 heavy (non-hydrogen) atoms. The lowest BCUT2D eigenvalue weighted by atomic mass is 10.0. The minimum absolute atomic E-state index is 0.591. The first-order valence-electron chi connectivity index (χ1n) is 7.00. The van der Waals surface area contributed by atoms with Gasteiger partial charge in [0.2, 0.25) is 0 Å². The van der Waals surface area contributed by atoms with Crippen molar-refractivity contribution in [3.05, 3.63) is 35.4 Å². The van der Waals surface area contributed by atoms with Gasteiger partial charge in [0.15, 0.2) is 0 Å². The molecule has 2 nitrogen and oxygen atoms in total. The molecule has 1 aromatic rings. The Morgan fingerprint density at radius 3 is 2.83 bits per heavy atom. The van der Waals surface area contributed by atoms with E-state index in [1.807, 2.05) is 0 Å². The van der Waals surface area contributed by atoms with Gasteiger partial charge in [-0.25, -0.2) is 0 Å². The summed E-state index contributed by atoms with van der Waals surface area (Å²) in [6.07, 6.45) is 4.71. The zero-order chi connectivity index (χ0) is 13.2. The lowest BCUT2D eigenvalue weighted by Gasteiger charge is -2.13. The summed E-state index contributed by atoms with van der Waals surface area (Å²) >= 11 is 0. The highest BCUT2D eigenvalue weighted by Gasteiger charge is 2.01. The van der Waals surface area contributed by atoms with Crippen molar-refractivity contribution in [3.8, 4) is 0 Å². The second-order valence-corrected chi connectivity index (χ2v) is 5.08. The summed E-state index contributed by atoms with van der Waals surface area (Å²) in [4.78, 5) is 0. The molecule has 0 spiro atoms. The van der Waals surface area contributed by atoms with Crippen molar-refractivity contribution in [2.24, 2.45) is 0 Å². The van der Waals surface area contributed by atoms with E-state index < -0.39 is 0 Å². The first kappa shape index (κ1) is 15.2. The minimum Gasteiger partial charge on any atom is -0.385 e. The average molecular weight is 249 g/mol. The van der Waals surface area contributed by atoms with Gasteiger partial charge >= 0.3 is 0 Å². The van der Waals surface area contributed by atoms with Crippen molar-refractivity contribution in [2.75, 3.05) is 20.3 Å². The third kappa shape index (κ3) is 6.77. The van der Waals surface area contributed by atoms with E-state index in [1.54, 1.807) is 7.11 Å².